The lowest BCUT2D eigenvalue weighted by atomic mass is 10.1. The molecule has 7 heteroatoms. The van der Waals surface area contributed by atoms with Crippen molar-refractivity contribution in [1.29, 1.82) is 0 Å². The highest BCUT2D eigenvalue weighted by atomic mass is 35.5. The van der Waals surface area contributed by atoms with E-state index < -0.39 is 0 Å². The molecule has 1 amide bonds. The Balaban J connectivity index is 0.00000240. The van der Waals surface area contributed by atoms with Crippen LogP contribution in [0.2, 0.25) is 0 Å². The van der Waals surface area contributed by atoms with Gasteiger partial charge in [0.25, 0.3) is 5.91 Å². The van der Waals surface area contributed by atoms with Crippen molar-refractivity contribution in [2.75, 3.05) is 32.1 Å². The van der Waals surface area contributed by atoms with Crippen molar-refractivity contribution in [2.45, 2.75) is 0 Å². The van der Waals surface area contributed by atoms with Crippen LogP contribution >= 0.6 is 23.7 Å². The second-order valence-corrected chi connectivity index (χ2v) is 7.91. The van der Waals surface area contributed by atoms with E-state index in [2.05, 4.69) is 4.98 Å². The summed E-state index contributed by atoms with van der Waals surface area (Å²) in [6.45, 7) is 1.15. The monoisotopic (exact) mass is 429 g/mol. The molecular weight excluding hydrogens is 409 g/mol. The number of nitrogens with zero attached hydrogens (tertiary/aromatic N) is 3. The standard InChI is InChI=1S/C22H20FN3OS.ClH/c1-25(2)12-13-26(22-24-20-18(23)8-5-9-19(20)28-22)21(27)17-11-10-15-6-3-4-7-16(15)14-17;/h3-11,14H,12-13H2,1-2H3;1H. The first-order chi connectivity index (χ1) is 13.5. The van der Waals surface area contributed by atoms with Crippen LogP contribution in [-0.2, 0) is 0 Å². The van der Waals surface area contributed by atoms with E-state index in [4.69, 9.17) is 0 Å². The predicted molar refractivity (Wildman–Crippen MR) is 121 cm³/mol. The Hall–Kier alpha value is -2.54. The number of hydrogen-bond donors (Lipinski definition) is 0. The zero-order valence-electron chi connectivity index (χ0n) is 16.1. The number of anilines is 1. The molecule has 0 aliphatic heterocycles. The summed E-state index contributed by atoms with van der Waals surface area (Å²) >= 11 is 1.33. The van der Waals surface area contributed by atoms with Gasteiger partial charge in [-0.25, -0.2) is 9.37 Å². The molecule has 0 saturated heterocycles. The van der Waals surface area contributed by atoms with Crippen LogP contribution in [-0.4, -0.2) is 43.0 Å². The zero-order chi connectivity index (χ0) is 19.7. The van der Waals surface area contributed by atoms with Crippen LogP contribution in [0.3, 0.4) is 0 Å². The van der Waals surface area contributed by atoms with Gasteiger partial charge in [-0.3, -0.25) is 9.69 Å². The number of carbonyl (C=O) groups excluding carboxylic acids is 1. The number of thiazole rings is 1. The Morgan fingerprint density at radius 1 is 1.00 bits per heavy atom. The van der Waals surface area contributed by atoms with Gasteiger partial charge in [-0.2, -0.15) is 0 Å². The highest BCUT2D eigenvalue weighted by Gasteiger charge is 2.22. The fourth-order valence-electron chi connectivity index (χ4n) is 3.08. The maximum Gasteiger partial charge on any atom is 0.260 e. The van der Waals surface area contributed by atoms with Crippen LogP contribution in [0.4, 0.5) is 9.52 Å². The maximum absolute atomic E-state index is 14.1. The molecule has 0 atom stereocenters. The summed E-state index contributed by atoms with van der Waals surface area (Å²) < 4.78 is 14.8. The first-order valence-electron chi connectivity index (χ1n) is 9.03. The number of fused-ring (bicyclic) bond motifs is 2. The van der Waals surface area contributed by atoms with Crippen LogP contribution in [0.5, 0.6) is 0 Å². The Bertz CT molecular complexity index is 1160. The first-order valence-corrected chi connectivity index (χ1v) is 9.85. The fraction of sp³-hybridized carbons (Fsp3) is 0.182. The highest BCUT2D eigenvalue weighted by Crippen LogP contribution is 2.31. The van der Waals surface area contributed by atoms with E-state index in [0.717, 1.165) is 15.5 Å². The van der Waals surface area contributed by atoms with Crippen molar-refractivity contribution in [1.82, 2.24) is 9.88 Å². The summed E-state index contributed by atoms with van der Waals surface area (Å²) in [5, 5.41) is 2.61. The molecule has 4 rings (SSSR count). The minimum absolute atomic E-state index is 0. The lowest BCUT2D eigenvalue weighted by Crippen LogP contribution is -2.36. The highest BCUT2D eigenvalue weighted by molar-refractivity contribution is 7.22. The van der Waals surface area contributed by atoms with Crippen molar-refractivity contribution in [3.8, 4) is 0 Å². The number of halogens is 2. The Labute approximate surface area is 179 Å². The van der Waals surface area contributed by atoms with Gasteiger partial charge in [0, 0.05) is 18.7 Å². The van der Waals surface area contributed by atoms with E-state index in [1.54, 1.807) is 11.0 Å². The lowest BCUT2D eigenvalue weighted by Gasteiger charge is -2.22. The van der Waals surface area contributed by atoms with Gasteiger partial charge in [-0.05, 0) is 49.1 Å². The molecule has 0 spiro atoms. The Kier molecular flexibility index (Phi) is 6.47. The second kappa shape index (κ2) is 8.86. The molecule has 4 nitrogen and oxygen atoms in total. The third-order valence-corrected chi connectivity index (χ3v) is 5.65. The number of rotatable bonds is 5. The number of hydrogen-bond acceptors (Lipinski definition) is 4. The minimum Gasteiger partial charge on any atom is -0.308 e. The average molecular weight is 430 g/mol. The van der Waals surface area contributed by atoms with E-state index in [1.165, 1.54) is 17.4 Å². The van der Waals surface area contributed by atoms with Crippen LogP contribution < -0.4 is 4.90 Å². The molecule has 4 aromatic rings. The van der Waals surface area contributed by atoms with E-state index in [-0.39, 0.29) is 24.1 Å². The molecule has 0 N–H and O–H groups in total. The second-order valence-electron chi connectivity index (χ2n) is 6.91. The number of para-hydroxylation sites is 1. The third kappa shape index (κ3) is 4.40. The van der Waals surface area contributed by atoms with Gasteiger partial charge in [0.2, 0.25) is 0 Å². The van der Waals surface area contributed by atoms with Crippen molar-refractivity contribution >= 4 is 55.8 Å². The normalized spacial score (nSPS) is 11.0. The van der Waals surface area contributed by atoms with Gasteiger partial charge in [0.05, 0.1) is 4.70 Å². The molecular formula is C22H21ClFN3OS. The number of likely N-dealkylation sites (N-methyl/N-ethyl adjacent to an activating group) is 1. The summed E-state index contributed by atoms with van der Waals surface area (Å²) in [7, 11) is 3.91. The zero-order valence-corrected chi connectivity index (χ0v) is 17.8. The largest absolute Gasteiger partial charge is 0.308 e. The van der Waals surface area contributed by atoms with Crippen LogP contribution in [0.15, 0.2) is 60.7 Å². The van der Waals surface area contributed by atoms with Crippen LogP contribution in [0.25, 0.3) is 21.0 Å². The summed E-state index contributed by atoms with van der Waals surface area (Å²) in [6, 6.07) is 18.5. The third-order valence-electron chi connectivity index (χ3n) is 4.60. The molecule has 29 heavy (non-hydrogen) atoms. The Morgan fingerprint density at radius 3 is 2.48 bits per heavy atom. The number of carbonyl (C=O) groups is 1. The van der Waals surface area contributed by atoms with E-state index >= 15 is 0 Å². The Morgan fingerprint density at radius 2 is 1.76 bits per heavy atom. The van der Waals surface area contributed by atoms with Gasteiger partial charge in [-0.1, -0.05) is 47.7 Å². The van der Waals surface area contributed by atoms with Crippen molar-refractivity contribution in [3.05, 3.63) is 72.0 Å². The molecule has 0 saturated carbocycles. The van der Waals surface area contributed by atoms with E-state index in [0.29, 0.717) is 29.3 Å². The van der Waals surface area contributed by atoms with Crippen LogP contribution in [0.1, 0.15) is 10.4 Å². The van der Waals surface area contributed by atoms with Crippen LogP contribution in [0, 0.1) is 5.82 Å². The molecule has 150 valence electrons. The topological polar surface area (TPSA) is 36.4 Å². The van der Waals surface area contributed by atoms with E-state index in [9.17, 15) is 9.18 Å². The van der Waals surface area contributed by atoms with Crippen molar-refractivity contribution in [3.63, 3.8) is 0 Å². The number of benzene rings is 3. The van der Waals surface area contributed by atoms with Gasteiger partial charge >= 0.3 is 0 Å². The maximum atomic E-state index is 14.1. The SMILES string of the molecule is CN(C)CCN(C(=O)c1ccc2ccccc2c1)c1nc2c(F)cccc2s1.Cl. The van der Waals surface area contributed by atoms with Gasteiger partial charge in [0.1, 0.15) is 11.3 Å². The summed E-state index contributed by atoms with van der Waals surface area (Å²) in [6.07, 6.45) is 0. The molecule has 3 aromatic carbocycles. The summed E-state index contributed by atoms with van der Waals surface area (Å²) in [5.74, 6) is -0.502. The first kappa shape index (κ1) is 21.2. The van der Waals surface area contributed by atoms with E-state index in [1.807, 2.05) is 67.5 Å². The number of aromatic nitrogens is 1. The minimum atomic E-state index is -0.370. The van der Waals surface area contributed by atoms with Crippen molar-refractivity contribution < 1.29 is 9.18 Å². The van der Waals surface area contributed by atoms with Gasteiger partial charge in [0.15, 0.2) is 5.13 Å². The average Bonchev–Trinajstić information content (AvgIpc) is 3.12. The quantitative estimate of drug-likeness (QED) is 0.436. The predicted octanol–water partition coefficient (Wildman–Crippen LogP) is 5.22. The van der Waals surface area contributed by atoms with Gasteiger partial charge in [-0.15, -0.1) is 12.4 Å². The van der Waals surface area contributed by atoms with Gasteiger partial charge < -0.3 is 4.90 Å². The molecule has 0 fully saturated rings. The van der Waals surface area contributed by atoms with Crippen molar-refractivity contribution in [2.24, 2.45) is 0 Å². The number of amides is 1. The molecule has 0 unspecified atom stereocenters. The molecule has 1 heterocycles. The summed E-state index contributed by atoms with van der Waals surface area (Å²) in [5.41, 5.74) is 0.904. The molecule has 0 aliphatic carbocycles. The molecule has 0 radical (unpaired) electrons. The summed E-state index contributed by atoms with van der Waals surface area (Å²) in [4.78, 5) is 21.4. The smallest absolute Gasteiger partial charge is 0.260 e. The molecule has 0 aliphatic rings. The fourth-order valence-corrected chi connectivity index (χ4v) is 4.09. The molecule has 1 aromatic heterocycles. The lowest BCUT2D eigenvalue weighted by molar-refractivity contribution is 0.0985. The molecule has 0 bridgehead atoms.